The summed E-state index contributed by atoms with van der Waals surface area (Å²) in [6.07, 6.45) is 3.53. The average Bonchev–Trinajstić information content (AvgIpc) is 3.29. The minimum Gasteiger partial charge on any atom is -0.467 e. The summed E-state index contributed by atoms with van der Waals surface area (Å²) in [5.74, 6) is 0.991. The van der Waals surface area contributed by atoms with Crippen LogP contribution in [-0.4, -0.2) is 32.8 Å². The molecular weight excluding hydrogens is 330 g/mol. The molecule has 1 atom stereocenters. The Balaban J connectivity index is 1.66. The molecule has 0 saturated carbocycles. The van der Waals surface area contributed by atoms with E-state index in [9.17, 15) is 9.90 Å². The summed E-state index contributed by atoms with van der Waals surface area (Å²) in [5.41, 5.74) is 1.95. The summed E-state index contributed by atoms with van der Waals surface area (Å²) in [5, 5.41) is 22.9. The van der Waals surface area contributed by atoms with Crippen LogP contribution in [0.2, 0.25) is 0 Å². The highest BCUT2D eigenvalue weighted by Gasteiger charge is 2.15. The summed E-state index contributed by atoms with van der Waals surface area (Å²) in [6, 6.07) is 6.78. The highest BCUT2D eigenvalue weighted by atomic mass is 32.1. The van der Waals surface area contributed by atoms with Gasteiger partial charge in [0, 0.05) is 12.8 Å². The zero-order chi connectivity index (χ0) is 16.8. The minimum atomic E-state index is -0.302. The zero-order valence-corrected chi connectivity index (χ0v) is 13.4. The Labute approximate surface area is 141 Å². The van der Waals surface area contributed by atoms with Crippen LogP contribution in [0.4, 0.5) is 10.9 Å². The Morgan fingerprint density at radius 3 is 2.92 bits per heavy atom. The molecule has 3 aromatic rings. The molecule has 0 saturated heterocycles. The third kappa shape index (κ3) is 3.94. The maximum atomic E-state index is 12.1. The predicted molar refractivity (Wildman–Crippen MR) is 88.9 cm³/mol. The fourth-order valence-electron chi connectivity index (χ4n) is 2.09. The molecule has 9 heteroatoms. The number of anilines is 2. The quantitative estimate of drug-likeness (QED) is 0.602. The van der Waals surface area contributed by atoms with Crippen LogP contribution < -0.4 is 10.6 Å². The van der Waals surface area contributed by atoms with E-state index in [0.29, 0.717) is 28.7 Å². The fraction of sp³-hybridized carbons (Fsp3) is 0.200. The molecule has 0 bridgehead atoms. The lowest BCUT2D eigenvalue weighted by Gasteiger charge is -2.16. The van der Waals surface area contributed by atoms with Gasteiger partial charge in [-0.25, -0.2) is 4.98 Å². The van der Waals surface area contributed by atoms with Gasteiger partial charge in [-0.1, -0.05) is 11.3 Å². The molecule has 0 aromatic carbocycles. The van der Waals surface area contributed by atoms with Crippen molar-refractivity contribution in [2.45, 2.75) is 12.5 Å². The number of nitrogens with zero attached hydrogens (tertiary/aromatic N) is 3. The summed E-state index contributed by atoms with van der Waals surface area (Å²) < 4.78 is 5.36. The van der Waals surface area contributed by atoms with Crippen LogP contribution in [0.1, 0.15) is 28.6 Å². The van der Waals surface area contributed by atoms with Gasteiger partial charge in [-0.05, 0) is 30.7 Å². The second-order valence-electron chi connectivity index (χ2n) is 4.85. The van der Waals surface area contributed by atoms with Crippen LogP contribution in [0.25, 0.3) is 0 Å². The van der Waals surface area contributed by atoms with Gasteiger partial charge in [-0.3, -0.25) is 10.1 Å². The number of carbonyl (C=O) groups excluding carboxylic acids is 1. The molecule has 3 heterocycles. The Morgan fingerprint density at radius 1 is 1.38 bits per heavy atom. The van der Waals surface area contributed by atoms with E-state index in [1.54, 1.807) is 24.5 Å². The molecule has 1 amide bonds. The largest absolute Gasteiger partial charge is 0.467 e. The molecule has 3 aromatic heterocycles. The molecule has 0 fully saturated rings. The van der Waals surface area contributed by atoms with E-state index in [-0.39, 0.29) is 18.6 Å². The third-order valence-corrected chi connectivity index (χ3v) is 3.84. The van der Waals surface area contributed by atoms with Gasteiger partial charge < -0.3 is 14.8 Å². The predicted octanol–water partition coefficient (Wildman–Crippen LogP) is 2.31. The van der Waals surface area contributed by atoms with Gasteiger partial charge >= 0.3 is 0 Å². The van der Waals surface area contributed by atoms with Crippen LogP contribution >= 0.6 is 11.3 Å². The molecule has 1 unspecified atom stereocenters. The number of hydrogen-bond acceptors (Lipinski definition) is 8. The first kappa shape index (κ1) is 16.1. The summed E-state index contributed by atoms with van der Waals surface area (Å²) in [4.78, 5) is 16.3. The topological polar surface area (TPSA) is 113 Å². The van der Waals surface area contributed by atoms with Crippen molar-refractivity contribution in [1.29, 1.82) is 0 Å². The summed E-state index contributed by atoms with van der Waals surface area (Å²) >= 11 is 1.24. The van der Waals surface area contributed by atoms with Crippen molar-refractivity contribution in [3.63, 3.8) is 0 Å². The molecule has 8 nitrogen and oxygen atoms in total. The first-order valence-electron chi connectivity index (χ1n) is 7.20. The lowest BCUT2D eigenvalue weighted by molar-refractivity contribution is 0.102. The molecule has 3 N–H and O–H groups in total. The Morgan fingerprint density at radius 2 is 2.29 bits per heavy atom. The Bertz CT molecular complexity index is 759. The van der Waals surface area contributed by atoms with Gasteiger partial charge in [0.2, 0.25) is 5.13 Å². The molecule has 24 heavy (non-hydrogen) atoms. The van der Waals surface area contributed by atoms with E-state index in [4.69, 9.17) is 4.42 Å². The molecule has 0 aliphatic heterocycles. The van der Waals surface area contributed by atoms with E-state index >= 15 is 0 Å². The van der Waals surface area contributed by atoms with Crippen LogP contribution in [0, 0.1) is 0 Å². The van der Waals surface area contributed by atoms with Crippen molar-refractivity contribution in [1.82, 2.24) is 15.2 Å². The number of furan rings is 1. The molecule has 124 valence electrons. The maximum absolute atomic E-state index is 12.1. The molecular formula is C15H15N5O3S. The maximum Gasteiger partial charge on any atom is 0.259 e. The number of rotatable bonds is 7. The van der Waals surface area contributed by atoms with E-state index < -0.39 is 0 Å². The smallest absolute Gasteiger partial charge is 0.259 e. The molecule has 0 radical (unpaired) electrons. The third-order valence-electron chi connectivity index (χ3n) is 3.23. The summed E-state index contributed by atoms with van der Waals surface area (Å²) in [6.45, 7) is 0.0146. The lowest BCUT2D eigenvalue weighted by Crippen LogP contribution is -2.14. The van der Waals surface area contributed by atoms with Gasteiger partial charge in [0.15, 0.2) is 0 Å². The monoisotopic (exact) mass is 345 g/mol. The molecule has 0 aliphatic carbocycles. The number of aromatic nitrogens is 3. The summed E-state index contributed by atoms with van der Waals surface area (Å²) in [7, 11) is 0. The number of amides is 1. The highest BCUT2D eigenvalue weighted by molar-refractivity contribution is 7.13. The SMILES string of the molecule is O=C(Nc1nncs1)c1ccc(NC(CCO)c2ccco2)nc1. The fourth-order valence-corrected chi connectivity index (χ4v) is 2.53. The Kier molecular flexibility index (Phi) is 5.14. The standard InChI is InChI=1S/C15H15N5O3S/c21-6-5-11(12-2-1-7-23-12)18-13-4-3-10(8-16-13)14(22)19-15-20-17-9-24-15/h1-4,7-9,11,21H,5-6H2,(H,16,18)(H,19,20,22). The number of carbonyl (C=O) groups is 1. The van der Waals surface area contributed by atoms with Crippen LogP contribution in [0.3, 0.4) is 0 Å². The zero-order valence-electron chi connectivity index (χ0n) is 12.5. The van der Waals surface area contributed by atoms with Crippen molar-refractivity contribution >= 4 is 28.2 Å². The van der Waals surface area contributed by atoms with Gasteiger partial charge in [-0.15, -0.1) is 10.2 Å². The number of aliphatic hydroxyl groups is 1. The van der Waals surface area contributed by atoms with E-state index in [0.717, 1.165) is 0 Å². The average molecular weight is 345 g/mol. The van der Waals surface area contributed by atoms with Gasteiger partial charge in [0.05, 0.1) is 17.9 Å². The number of aliphatic hydroxyl groups excluding tert-OH is 1. The van der Waals surface area contributed by atoms with Crippen molar-refractivity contribution in [3.05, 3.63) is 53.6 Å². The van der Waals surface area contributed by atoms with Gasteiger partial charge in [-0.2, -0.15) is 0 Å². The highest BCUT2D eigenvalue weighted by Crippen LogP contribution is 2.22. The first-order chi connectivity index (χ1) is 11.8. The second-order valence-corrected chi connectivity index (χ2v) is 5.69. The van der Waals surface area contributed by atoms with Crippen molar-refractivity contribution < 1.29 is 14.3 Å². The minimum absolute atomic E-state index is 0.0146. The normalized spacial score (nSPS) is 11.9. The Hall–Kier alpha value is -2.78. The van der Waals surface area contributed by atoms with E-state index in [1.165, 1.54) is 23.0 Å². The molecule has 3 rings (SSSR count). The second kappa shape index (κ2) is 7.66. The number of hydrogen-bond donors (Lipinski definition) is 3. The van der Waals surface area contributed by atoms with Gasteiger partial charge in [0.1, 0.15) is 17.1 Å². The van der Waals surface area contributed by atoms with E-state index in [2.05, 4.69) is 25.8 Å². The number of pyridine rings is 1. The van der Waals surface area contributed by atoms with Gasteiger partial charge in [0.25, 0.3) is 5.91 Å². The van der Waals surface area contributed by atoms with Crippen LogP contribution in [0.5, 0.6) is 0 Å². The van der Waals surface area contributed by atoms with E-state index in [1.807, 2.05) is 6.07 Å². The van der Waals surface area contributed by atoms with Crippen LogP contribution in [-0.2, 0) is 0 Å². The first-order valence-corrected chi connectivity index (χ1v) is 8.08. The number of nitrogens with one attached hydrogen (secondary N) is 2. The van der Waals surface area contributed by atoms with Crippen LogP contribution in [0.15, 0.2) is 46.7 Å². The van der Waals surface area contributed by atoms with Crippen molar-refractivity contribution in [2.75, 3.05) is 17.2 Å². The molecule has 0 spiro atoms. The molecule has 0 aliphatic rings. The van der Waals surface area contributed by atoms with Crippen molar-refractivity contribution in [2.24, 2.45) is 0 Å². The van der Waals surface area contributed by atoms with Crippen molar-refractivity contribution in [3.8, 4) is 0 Å². The lowest BCUT2D eigenvalue weighted by atomic mass is 10.1.